The summed E-state index contributed by atoms with van der Waals surface area (Å²) in [6.45, 7) is 1.93. The second-order valence-corrected chi connectivity index (χ2v) is 6.21. The summed E-state index contributed by atoms with van der Waals surface area (Å²) in [4.78, 5) is 12.1. The van der Waals surface area contributed by atoms with Crippen molar-refractivity contribution in [1.29, 1.82) is 0 Å². The van der Waals surface area contributed by atoms with Crippen molar-refractivity contribution in [2.45, 2.75) is 25.4 Å². The van der Waals surface area contributed by atoms with Gasteiger partial charge in [0.2, 0.25) is 0 Å². The van der Waals surface area contributed by atoms with Crippen LogP contribution >= 0.6 is 23.4 Å². The summed E-state index contributed by atoms with van der Waals surface area (Å²) in [6.07, 6.45) is 0.986. The van der Waals surface area contributed by atoms with E-state index in [1.54, 1.807) is 23.9 Å². The Labute approximate surface area is 116 Å². The molecule has 98 valence electrons. The number of benzene rings is 1. The van der Waals surface area contributed by atoms with Gasteiger partial charge in [0.25, 0.3) is 5.91 Å². The van der Waals surface area contributed by atoms with Crippen LogP contribution in [0.25, 0.3) is 0 Å². The molecule has 1 amide bonds. The summed E-state index contributed by atoms with van der Waals surface area (Å²) >= 11 is 7.78. The van der Waals surface area contributed by atoms with Gasteiger partial charge in [-0.15, -0.1) is 0 Å². The first-order valence-corrected chi connectivity index (χ1v) is 7.42. The number of hydrogen-bond donors (Lipinski definition) is 2. The van der Waals surface area contributed by atoms with E-state index in [9.17, 15) is 9.90 Å². The first kappa shape index (κ1) is 13.7. The molecule has 18 heavy (non-hydrogen) atoms. The molecule has 0 bridgehead atoms. The maximum atomic E-state index is 12.1. The normalized spacial score (nSPS) is 18.4. The number of rotatable bonds is 2. The van der Waals surface area contributed by atoms with E-state index in [4.69, 9.17) is 11.6 Å². The third-order valence-electron chi connectivity index (χ3n) is 3.11. The smallest absolute Gasteiger partial charge is 0.256 e. The highest BCUT2D eigenvalue weighted by Gasteiger charge is 2.37. The van der Waals surface area contributed by atoms with E-state index in [-0.39, 0.29) is 5.91 Å². The Morgan fingerprint density at radius 1 is 1.44 bits per heavy atom. The average Bonchev–Trinajstić information content (AvgIpc) is 2.35. The zero-order chi connectivity index (χ0) is 13.2. The maximum Gasteiger partial charge on any atom is 0.256 e. The quantitative estimate of drug-likeness (QED) is 0.878. The van der Waals surface area contributed by atoms with Crippen LogP contribution in [0.1, 0.15) is 18.4 Å². The van der Waals surface area contributed by atoms with Crippen molar-refractivity contribution in [3.8, 4) is 0 Å². The lowest BCUT2D eigenvalue weighted by molar-refractivity contribution is -0.134. The van der Waals surface area contributed by atoms with Crippen LogP contribution in [0.2, 0.25) is 5.02 Å². The van der Waals surface area contributed by atoms with Crippen molar-refractivity contribution < 1.29 is 9.90 Å². The van der Waals surface area contributed by atoms with Crippen molar-refractivity contribution in [1.82, 2.24) is 0 Å². The SMILES string of the molecule is Cc1ccc(Cl)c(NC(=O)C2(O)CCSCC2)c1. The van der Waals surface area contributed by atoms with Gasteiger partial charge < -0.3 is 10.4 Å². The Hall–Kier alpha value is -0.710. The molecule has 2 rings (SSSR count). The molecule has 1 fully saturated rings. The molecule has 5 heteroatoms. The fourth-order valence-electron chi connectivity index (χ4n) is 1.91. The van der Waals surface area contributed by atoms with Gasteiger partial charge in [-0.25, -0.2) is 0 Å². The van der Waals surface area contributed by atoms with Gasteiger partial charge in [0.05, 0.1) is 10.7 Å². The lowest BCUT2D eigenvalue weighted by Gasteiger charge is -2.30. The Bertz CT molecular complexity index is 458. The number of aliphatic hydroxyl groups is 1. The number of amides is 1. The Morgan fingerprint density at radius 2 is 2.11 bits per heavy atom. The number of nitrogens with one attached hydrogen (secondary N) is 1. The van der Waals surface area contributed by atoms with E-state index in [1.165, 1.54) is 0 Å². The minimum atomic E-state index is -1.25. The zero-order valence-electron chi connectivity index (χ0n) is 10.2. The van der Waals surface area contributed by atoms with E-state index in [2.05, 4.69) is 5.32 Å². The van der Waals surface area contributed by atoms with Gasteiger partial charge >= 0.3 is 0 Å². The van der Waals surface area contributed by atoms with Crippen LogP contribution in [0.3, 0.4) is 0 Å². The minimum Gasteiger partial charge on any atom is -0.380 e. The summed E-state index contributed by atoms with van der Waals surface area (Å²) in [5.41, 5.74) is 0.326. The molecule has 0 atom stereocenters. The Kier molecular flexibility index (Phi) is 4.20. The molecule has 3 nitrogen and oxygen atoms in total. The van der Waals surface area contributed by atoms with Crippen LogP contribution in [-0.4, -0.2) is 28.1 Å². The van der Waals surface area contributed by atoms with Gasteiger partial charge in [-0.1, -0.05) is 17.7 Å². The van der Waals surface area contributed by atoms with Gasteiger partial charge in [0.1, 0.15) is 5.60 Å². The molecule has 1 aliphatic rings. The Morgan fingerprint density at radius 3 is 2.78 bits per heavy atom. The molecule has 0 aliphatic carbocycles. The second-order valence-electron chi connectivity index (χ2n) is 4.58. The predicted molar refractivity (Wildman–Crippen MR) is 76.3 cm³/mol. The van der Waals surface area contributed by atoms with Gasteiger partial charge in [-0.3, -0.25) is 4.79 Å². The molecule has 2 N–H and O–H groups in total. The number of halogens is 1. The summed E-state index contributed by atoms with van der Waals surface area (Å²) in [5.74, 6) is 1.27. The van der Waals surface area contributed by atoms with E-state index < -0.39 is 5.60 Å². The first-order valence-electron chi connectivity index (χ1n) is 5.89. The standard InChI is InChI=1S/C13H16ClNO2S/c1-9-2-3-10(14)11(8-9)15-12(16)13(17)4-6-18-7-5-13/h2-3,8,17H,4-7H2,1H3,(H,15,16). The number of thioether (sulfide) groups is 1. The summed E-state index contributed by atoms with van der Waals surface area (Å²) in [7, 11) is 0. The first-order chi connectivity index (χ1) is 8.51. The molecule has 1 aromatic rings. The molecule has 0 aromatic heterocycles. The zero-order valence-corrected chi connectivity index (χ0v) is 11.8. The number of aryl methyl sites for hydroxylation is 1. The average molecular weight is 286 g/mol. The van der Waals surface area contributed by atoms with Gasteiger partial charge in [0.15, 0.2) is 0 Å². The second kappa shape index (κ2) is 5.51. The predicted octanol–water partition coefficient (Wildman–Crippen LogP) is 2.85. The maximum absolute atomic E-state index is 12.1. The van der Waals surface area contributed by atoms with E-state index in [0.29, 0.717) is 23.6 Å². The van der Waals surface area contributed by atoms with Crippen LogP contribution in [0.5, 0.6) is 0 Å². The van der Waals surface area contributed by atoms with Gasteiger partial charge in [0, 0.05) is 0 Å². The lowest BCUT2D eigenvalue weighted by atomic mass is 9.95. The van der Waals surface area contributed by atoms with Crippen molar-refractivity contribution in [2.75, 3.05) is 16.8 Å². The largest absolute Gasteiger partial charge is 0.380 e. The van der Waals surface area contributed by atoms with Crippen molar-refractivity contribution in [3.05, 3.63) is 28.8 Å². The molecule has 0 unspecified atom stereocenters. The number of anilines is 1. The summed E-state index contributed by atoms with van der Waals surface area (Å²) < 4.78 is 0. The highest BCUT2D eigenvalue weighted by molar-refractivity contribution is 7.99. The molecule has 1 saturated heterocycles. The van der Waals surface area contributed by atoms with Crippen molar-refractivity contribution in [2.24, 2.45) is 0 Å². The number of carbonyl (C=O) groups is 1. The monoisotopic (exact) mass is 285 g/mol. The lowest BCUT2D eigenvalue weighted by Crippen LogP contribution is -2.45. The third kappa shape index (κ3) is 2.99. The summed E-state index contributed by atoms with van der Waals surface area (Å²) in [5, 5.41) is 13.5. The van der Waals surface area contributed by atoms with Crippen LogP contribution in [-0.2, 0) is 4.79 Å². The van der Waals surface area contributed by atoms with Crippen LogP contribution in [0.4, 0.5) is 5.69 Å². The van der Waals surface area contributed by atoms with Crippen molar-refractivity contribution in [3.63, 3.8) is 0 Å². The van der Waals surface area contributed by atoms with E-state index >= 15 is 0 Å². The van der Waals surface area contributed by atoms with Crippen molar-refractivity contribution >= 4 is 35.0 Å². The molecule has 0 radical (unpaired) electrons. The van der Waals surface area contributed by atoms with Gasteiger partial charge in [-0.2, -0.15) is 11.8 Å². The molecule has 1 aliphatic heterocycles. The summed E-state index contributed by atoms with van der Waals surface area (Å²) in [6, 6.07) is 5.43. The van der Waals surface area contributed by atoms with E-state index in [1.807, 2.05) is 13.0 Å². The molecular weight excluding hydrogens is 270 g/mol. The third-order valence-corrected chi connectivity index (χ3v) is 4.43. The molecule has 1 heterocycles. The molecule has 0 saturated carbocycles. The topological polar surface area (TPSA) is 49.3 Å². The van der Waals surface area contributed by atoms with E-state index in [0.717, 1.165) is 17.1 Å². The fourth-order valence-corrected chi connectivity index (χ4v) is 3.24. The minimum absolute atomic E-state index is 0.352. The molecule has 0 spiro atoms. The van der Waals surface area contributed by atoms with Crippen LogP contribution in [0.15, 0.2) is 18.2 Å². The van der Waals surface area contributed by atoms with Crippen LogP contribution < -0.4 is 5.32 Å². The molecular formula is C13H16ClNO2S. The van der Waals surface area contributed by atoms with Crippen LogP contribution in [0, 0.1) is 6.92 Å². The Balaban J connectivity index is 2.13. The number of hydrogen-bond acceptors (Lipinski definition) is 3. The highest BCUT2D eigenvalue weighted by atomic mass is 35.5. The number of carbonyl (C=O) groups excluding carboxylic acids is 1. The fraction of sp³-hybridized carbons (Fsp3) is 0.462. The molecule has 1 aromatic carbocycles. The highest BCUT2D eigenvalue weighted by Crippen LogP contribution is 2.30. The van der Waals surface area contributed by atoms with Gasteiger partial charge in [-0.05, 0) is 49.0 Å².